The maximum atomic E-state index is 12.8. The highest BCUT2D eigenvalue weighted by atomic mass is 32.1. The van der Waals surface area contributed by atoms with Crippen molar-refractivity contribution in [2.45, 2.75) is 25.7 Å². The van der Waals surface area contributed by atoms with Gasteiger partial charge in [0.2, 0.25) is 5.89 Å². The molecule has 2 aromatic heterocycles. The van der Waals surface area contributed by atoms with Gasteiger partial charge in [-0.05, 0) is 19.8 Å². The van der Waals surface area contributed by atoms with E-state index in [-0.39, 0.29) is 11.8 Å². The summed E-state index contributed by atoms with van der Waals surface area (Å²) in [4.78, 5) is 23.5. The average molecular weight is 354 g/mol. The smallest absolute Gasteiger partial charge is 0.273 e. The minimum Gasteiger partial charge on any atom is -0.339 e. The predicted octanol–water partition coefficient (Wildman–Crippen LogP) is 3.52. The summed E-state index contributed by atoms with van der Waals surface area (Å²) in [5, 5.41) is 6.56. The third-order valence-electron chi connectivity index (χ3n) is 4.35. The lowest BCUT2D eigenvalue weighted by Gasteiger charge is -2.30. The van der Waals surface area contributed by atoms with Crippen molar-refractivity contribution in [3.05, 3.63) is 53.1 Å². The number of aryl methyl sites for hydroxylation is 1. The van der Waals surface area contributed by atoms with Gasteiger partial charge in [0.05, 0.1) is 5.92 Å². The molecule has 6 nitrogen and oxygen atoms in total. The maximum absolute atomic E-state index is 12.8. The first-order valence-electron chi connectivity index (χ1n) is 8.31. The Labute approximate surface area is 149 Å². The highest BCUT2D eigenvalue weighted by Gasteiger charge is 2.29. The van der Waals surface area contributed by atoms with Crippen LogP contribution in [0.2, 0.25) is 0 Å². The number of rotatable bonds is 3. The van der Waals surface area contributed by atoms with Crippen LogP contribution in [-0.4, -0.2) is 39.0 Å². The fourth-order valence-corrected chi connectivity index (χ4v) is 3.89. The van der Waals surface area contributed by atoms with Crippen molar-refractivity contribution in [2.75, 3.05) is 13.1 Å². The van der Waals surface area contributed by atoms with Crippen molar-refractivity contribution in [1.82, 2.24) is 20.0 Å². The highest BCUT2D eigenvalue weighted by molar-refractivity contribution is 7.13. The van der Waals surface area contributed by atoms with Gasteiger partial charge in [-0.3, -0.25) is 4.79 Å². The number of aromatic nitrogens is 3. The lowest BCUT2D eigenvalue weighted by molar-refractivity contribution is 0.0690. The van der Waals surface area contributed by atoms with Gasteiger partial charge < -0.3 is 9.42 Å². The second-order valence-corrected chi connectivity index (χ2v) is 7.03. The SMILES string of the molecule is Cc1noc(C2CCCN(C(=O)c3csc(-c4ccccc4)n3)C2)n1. The van der Waals surface area contributed by atoms with Crippen LogP contribution in [0.4, 0.5) is 0 Å². The largest absolute Gasteiger partial charge is 0.339 e. The number of hydrogen-bond donors (Lipinski definition) is 0. The number of amides is 1. The van der Waals surface area contributed by atoms with E-state index >= 15 is 0 Å². The summed E-state index contributed by atoms with van der Waals surface area (Å²) < 4.78 is 5.29. The maximum Gasteiger partial charge on any atom is 0.273 e. The van der Waals surface area contributed by atoms with E-state index in [0.29, 0.717) is 24.0 Å². The number of nitrogens with zero attached hydrogens (tertiary/aromatic N) is 4. The molecule has 7 heteroatoms. The fourth-order valence-electron chi connectivity index (χ4n) is 3.09. The molecule has 3 heterocycles. The van der Waals surface area contributed by atoms with E-state index in [1.807, 2.05) is 40.6 Å². The van der Waals surface area contributed by atoms with Crippen molar-refractivity contribution >= 4 is 17.2 Å². The van der Waals surface area contributed by atoms with E-state index in [9.17, 15) is 4.79 Å². The predicted molar refractivity (Wildman–Crippen MR) is 94.5 cm³/mol. The number of carbonyl (C=O) groups is 1. The first-order valence-corrected chi connectivity index (χ1v) is 9.19. The molecule has 3 aromatic rings. The van der Waals surface area contributed by atoms with Crippen molar-refractivity contribution in [3.63, 3.8) is 0 Å². The Morgan fingerprint density at radius 3 is 2.88 bits per heavy atom. The zero-order chi connectivity index (χ0) is 17.2. The molecule has 0 bridgehead atoms. The third-order valence-corrected chi connectivity index (χ3v) is 5.24. The van der Waals surface area contributed by atoms with Crippen molar-refractivity contribution < 1.29 is 9.32 Å². The molecule has 0 saturated carbocycles. The Bertz CT molecular complexity index is 874. The van der Waals surface area contributed by atoms with Crippen LogP contribution in [0.3, 0.4) is 0 Å². The van der Waals surface area contributed by atoms with E-state index in [4.69, 9.17) is 4.52 Å². The number of piperidine rings is 1. The van der Waals surface area contributed by atoms with E-state index in [1.54, 1.807) is 6.92 Å². The number of likely N-dealkylation sites (tertiary alicyclic amines) is 1. The summed E-state index contributed by atoms with van der Waals surface area (Å²) in [5.74, 6) is 1.33. The van der Waals surface area contributed by atoms with E-state index in [0.717, 1.165) is 30.0 Å². The summed E-state index contributed by atoms with van der Waals surface area (Å²) in [6.45, 7) is 3.14. The molecule has 1 aliphatic rings. The van der Waals surface area contributed by atoms with Gasteiger partial charge in [0.25, 0.3) is 5.91 Å². The number of thiazole rings is 1. The van der Waals surface area contributed by atoms with Gasteiger partial charge in [-0.15, -0.1) is 11.3 Å². The van der Waals surface area contributed by atoms with Gasteiger partial charge in [-0.1, -0.05) is 35.5 Å². The molecule has 0 radical (unpaired) electrons. The van der Waals surface area contributed by atoms with Crippen LogP contribution in [0.5, 0.6) is 0 Å². The van der Waals surface area contributed by atoms with Crippen LogP contribution in [0.1, 0.15) is 41.0 Å². The molecule has 1 fully saturated rings. The van der Waals surface area contributed by atoms with Crippen LogP contribution < -0.4 is 0 Å². The minimum atomic E-state index is -0.0284. The topological polar surface area (TPSA) is 72.1 Å². The summed E-state index contributed by atoms with van der Waals surface area (Å²) >= 11 is 1.50. The molecule has 0 N–H and O–H groups in total. The Balaban J connectivity index is 1.50. The molecule has 0 spiro atoms. The quantitative estimate of drug-likeness (QED) is 0.719. The monoisotopic (exact) mass is 354 g/mol. The van der Waals surface area contributed by atoms with Crippen LogP contribution in [0.25, 0.3) is 10.6 Å². The Morgan fingerprint density at radius 1 is 1.28 bits per heavy atom. The van der Waals surface area contributed by atoms with Gasteiger partial charge in [0.15, 0.2) is 5.82 Å². The molecule has 0 aliphatic carbocycles. The summed E-state index contributed by atoms with van der Waals surface area (Å²) in [5.41, 5.74) is 1.54. The molecule has 25 heavy (non-hydrogen) atoms. The number of carbonyl (C=O) groups excluding carboxylic acids is 1. The van der Waals surface area contributed by atoms with Crippen molar-refractivity contribution in [3.8, 4) is 10.6 Å². The molecular formula is C18H18N4O2S. The Morgan fingerprint density at radius 2 is 2.12 bits per heavy atom. The summed E-state index contributed by atoms with van der Waals surface area (Å²) in [7, 11) is 0. The van der Waals surface area contributed by atoms with Crippen LogP contribution >= 0.6 is 11.3 Å². The first kappa shape index (κ1) is 16.0. The van der Waals surface area contributed by atoms with Gasteiger partial charge >= 0.3 is 0 Å². The summed E-state index contributed by atoms with van der Waals surface area (Å²) in [6, 6.07) is 9.92. The van der Waals surface area contributed by atoms with Gasteiger partial charge in [-0.25, -0.2) is 4.98 Å². The van der Waals surface area contributed by atoms with Gasteiger partial charge in [-0.2, -0.15) is 4.98 Å². The minimum absolute atomic E-state index is 0.0284. The molecule has 1 aromatic carbocycles. The van der Waals surface area contributed by atoms with Crippen molar-refractivity contribution in [1.29, 1.82) is 0 Å². The number of benzene rings is 1. The molecule has 1 atom stereocenters. The molecular weight excluding hydrogens is 336 g/mol. The Kier molecular flexibility index (Phi) is 4.31. The molecule has 1 saturated heterocycles. The second kappa shape index (κ2) is 6.76. The highest BCUT2D eigenvalue weighted by Crippen LogP contribution is 2.28. The molecule has 1 amide bonds. The lowest BCUT2D eigenvalue weighted by Crippen LogP contribution is -2.39. The zero-order valence-electron chi connectivity index (χ0n) is 13.9. The summed E-state index contributed by atoms with van der Waals surface area (Å²) in [6.07, 6.45) is 1.88. The zero-order valence-corrected chi connectivity index (χ0v) is 14.7. The van der Waals surface area contributed by atoms with Gasteiger partial charge in [0.1, 0.15) is 10.7 Å². The molecule has 4 rings (SSSR count). The second-order valence-electron chi connectivity index (χ2n) is 6.17. The Hall–Kier alpha value is -2.54. The average Bonchev–Trinajstić information content (AvgIpc) is 3.31. The number of hydrogen-bond acceptors (Lipinski definition) is 6. The first-order chi connectivity index (χ1) is 12.2. The molecule has 128 valence electrons. The van der Waals surface area contributed by atoms with Gasteiger partial charge in [0, 0.05) is 24.0 Å². The van der Waals surface area contributed by atoms with Crippen LogP contribution in [0, 0.1) is 6.92 Å². The van der Waals surface area contributed by atoms with E-state index in [2.05, 4.69) is 15.1 Å². The standard InChI is InChI=1S/C18H18N4O2S/c1-12-19-16(24-21-12)14-8-5-9-22(10-14)18(23)15-11-25-17(20-15)13-6-3-2-4-7-13/h2-4,6-7,11,14H,5,8-10H2,1H3. The van der Waals surface area contributed by atoms with Crippen LogP contribution in [-0.2, 0) is 0 Å². The third kappa shape index (κ3) is 3.32. The normalized spacial score (nSPS) is 17.6. The van der Waals surface area contributed by atoms with E-state index < -0.39 is 0 Å². The molecule has 1 unspecified atom stereocenters. The van der Waals surface area contributed by atoms with Crippen LogP contribution in [0.15, 0.2) is 40.2 Å². The van der Waals surface area contributed by atoms with E-state index in [1.165, 1.54) is 11.3 Å². The molecule has 1 aliphatic heterocycles. The lowest BCUT2D eigenvalue weighted by atomic mass is 9.98. The fraction of sp³-hybridized carbons (Fsp3) is 0.333. The van der Waals surface area contributed by atoms with Crippen molar-refractivity contribution in [2.24, 2.45) is 0 Å².